The van der Waals surface area contributed by atoms with Crippen LogP contribution in [0.1, 0.15) is 35.3 Å². The first-order valence-corrected chi connectivity index (χ1v) is 14.9. The monoisotopic (exact) mass is 616 g/mol. The van der Waals surface area contributed by atoms with E-state index in [1.807, 2.05) is 36.4 Å². The average Bonchev–Trinajstić information content (AvgIpc) is 3.75. The standard InChI is InChI=1S/C32H30Cl2N6O3/c33-23-11-10-22(15-24(23)34)40-27(21-7-4-12-36-17-21)16-26(39-40)31(42)38-29-20-9-8-19(14-20)28(29)32(43)37-25(30(35)41)13-18-5-2-1-3-6-18/h1-7,10-12,15-17,19-20,25,28-29H,8-9,13-14H2,(H2,35,41)(H,37,43)(H,38,42)/t19?,20?,25-,28+,29+/m0/s1. The van der Waals surface area contributed by atoms with Gasteiger partial charge in [0.2, 0.25) is 11.8 Å². The number of fused-ring (bicyclic) bond motifs is 2. The van der Waals surface area contributed by atoms with Gasteiger partial charge >= 0.3 is 0 Å². The van der Waals surface area contributed by atoms with Crippen LogP contribution in [0.25, 0.3) is 16.9 Å². The van der Waals surface area contributed by atoms with Crippen molar-refractivity contribution in [2.24, 2.45) is 23.5 Å². The molecular formula is C32H30Cl2N6O3. The molecule has 2 bridgehead atoms. The number of nitrogens with zero attached hydrogens (tertiary/aromatic N) is 3. The quantitative estimate of drug-likeness (QED) is 0.253. The lowest BCUT2D eigenvalue weighted by atomic mass is 9.83. The molecule has 2 aromatic carbocycles. The lowest BCUT2D eigenvalue weighted by molar-refractivity contribution is -0.131. The molecule has 2 heterocycles. The van der Waals surface area contributed by atoms with Crippen molar-refractivity contribution in [3.8, 4) is 16.9 Å². The first-order valence-electron chi connectivity index (χ1n) is 14.2. The van der Waals surface area contributed by atoms with E-state index in [-0.39, 0.29) is 23.4 Å². The molecule has 2 aliphatic rings. The summed E-state index contributed by atoms with van der Waals surface area (Å²) in [5.41, 5.74) is 8.78. The summed E-state index contributed by atoms with van der Waals surface area (Å²) in [4.78, 5) is 43.8. The molecule has 0 radical (unpaired) electrons. The van der Waals surface area contributed by atoms with E-state index in [2.05, 4.69) is 20.7 Å². The third-order valence-corrected chi connectivity index (χ3v) is 9.25. The number of nitrogens with two attached hydrogens (primary N) is 1. The SMILES string of the molecule is NC(=O)[C@H](Cc1ccccc1)NC(=O)[C@@H]1C2CCC(C2)[C@H]1NC(=O)c1cc(-c2cccnc2)n(-c2ccc(Cl)c(Cl)c2)n1. The van der Waals surface area contributed by atoms with Crippen LogP contribution in [0.4, 0.5) is 0 Å². The van der Waals surface area contributed by atoms with E-state index in [0.29, 0.717) is 27.8 Å². The van der Waals surface area contributed by atoms with E-state index in [0.717, 1.165) is 30.4 Å². The largest absolute Gasteiger partial charge is 0.368 e. The molecule has 4 N–H and O–H groups in total. The van der Waals surface area contributed by atoms with Crippen molar-refractivity contribution in [2.75, 3.05) is 0 Å². The van der Waals surface area contributed by atoms with Crippen molar-refractivity contribution < 1.29 is 14.4 Å². The zero-order chi connectivity index (χ0) is 30.1. The first-order chi connectivity index (χ1) is 20.8. The Morgan fingerprint density at radius 2 is 1.77 bits per heavy atom. The van der Waals surface area contributed by atoms with Crippen molar-refractivity contribution in [2.45, 2.75) is 37.8 Å². The molecule has 6 rings (SSSR count). The average molecular weight is 618 g/mol. The molecule has 9 nitrogen and oxygen atoms in total. The van der Waals surface area contributed by atoms with Gasteiger partial charge in [0.05, 0.1) is 27.3 Å². The molecule has 2 fully saturated rings. The summed E-state index contributed by atoms with van der Waals surface area (Å²) in [6, 6.07) is 18.7. The minimum absolute atomic E-state index is 0.111. The maximum Gasteiger partial charge on any atom is 0.272 e. The highest BCUT2D eigenvalue weighted by Crippen LogP contribution is 2.48. The number of amides is 3. The van der Waals surface area contributed by atoms with Gasteiger partial charge in [-0.25, -0.2) is 4.68 Å². The van der Waals surface area contributed by atoms with Gasteiger partial charge in [-0.15, -0.1) is 0 Å². The predicted octanol–water partition coefficient (Wildman–Crippen LogP) is 4.60. The Morgan fingerprint density at radius 3 is 2.49 bits per heavy atom. The minimum Gasteiger partial charge on any atom is -0.368 e. The van der Waals surface area contributed by atoms with Crippen LogP contribution in [-0.2, 0) is 16.0 Å². The fourth-order valence-electron chi connectivity index (χ4n) is 6.47. The minimum atomic E-state index is -0.852. The van der Waals surface area contributed by atoms with Gasteiger partial charge in [0.15, 0.2) is 5.69 Å². The molecule has 2 aromatic heterocycles. The summed E-state index contributed by atoms with van der Waals surface area (Å²) < 4.78 is 1.63. The van der Waals surface area contributed by atoms with Crippen LogP contribution >= 0.6 is 23.2 Å². The maximum absolute atomic E-state index is 13.7. The highest BCUT2D eigenvalue weighted by atomic mass is 35.5. The van der Waals surface area contributed by atoms with E-state index in [4.69, 9.17) is 28.9 Å². The van der Waals surface area contributed by atoms with E-state index < -0.39 is 29.8 Å². The second-order valence-corrected chi connectivity index (χ2v) is 12.0. The summed E-state index contributed by atoms with van der Waals surface area (Å²) in [6.45, 7) is 0. The topological polar surface area (TPSA) is 132 Å². The van der Waals surface area contributed by atoms with Crippen LogP contribution in [0.15, 0.2) is 79.1 Å². The van der Waals surface area contributed by atoms with E-state index in [9.17, 15) is 14.4 Å². The van der Waals surface area contributed by atoms with E-state index >= 15 is 0 Å². The number of benzene rings is 2. The molecule has 0 aliphatic heterocycles. The Balaban J connectivity index is 1.25. The van der Waals surface area contributed by atoms with Crippen molar-refractivity contribution in [1.29, 1.82) is 0 Å². The third-order valence-electron chi connectivity index (χ3n) is 8.51. The second-order valence-electron chi connectivity index (χ2n) is 11.2. The molecule has 11 heteroatoms. The van der Waals surface area contributed by atoms with Crippen LogP contribution in [-0.4, -0.2) is 44.6 Å². The van der Waals surface area contributed by atoms with Crippen molar-refractivity contribution in [3.05, 3.63) is 100 Å². The molecule has 220 valence electrons. The van der Waals surface area contributed by atoms with E-state index in [1.54, 1.807) is 47.4 Å². The molecule has 0 saturated heterocycles. The van der Waals surface area contributed by atoms with Gasteiger partial charge in [0, 0.05) is 30.4 Å². The lowest BCUT2D eigenvalue weighted by Gasteiger charge is -2.31. The number of carbonyl (C=O) groups excluding carboxylic acids is 3. The Labute approximate surface area is 258 Å². The fourth-order valence-corrected chi connectivity index (χ4v) is 6.76. The molecule has 2 saturated carbocycles. The third kappa shape index (κ3) is 6.00. The number of hydrogen-bond acceptors (Lipinski definition) is 5. The Bertz CT molecular complexity index is 1660. The van der Waals surface area contributed by atoms with Crippen LogP contribution in [0.5, 0.6) is 0 Å². The molecule has 4 aromatic rings. The van der Waals surface area contributed by atoms with Crippen LogP contribution < -0.4 is 16.4 Å². The number of nitrogens with one attached hydrogen (secondary N) is 2. The van der Waals surface area contributed by atoms with Gasteiger partial charge in [-0.1, -0.05) is 53.5 Å². The van der Waals surface area contributed by atoms with Crippen molar-refractivity contribution in [1.82, 2.24) is 25.4 Å². The molecule has 2 unspecified atom stereocenters. The highest BCUT2D eigenvalue weighted by molar-refractivity contribution is 6.42. The normalized spacial score (nSPS) is 21.3. The summed E-state index contributed by atoms with van der Waals surface area (Å²) in [5.74, 6) is -1.47. The maximum atomic E-state index is 13.7. The Morgan fingerprint density at radius 1 is 0.977 bits per heavy atom. The zero-order valence-corrected chi connectivity index (χ0v) is 24.6. The number of halogens is 2. The molecule has 2 aliphatic carbocycles. The van der Waals surface area contributed by atoms with Crippen LogP contribution in [0, 0.1) is 17.8 Å². The van der Waals surface area contributed by atoms with Gasteiger partial charge < -0.3 is 16.4 Å². The van der Waals surface area contributed by atoms with Gasteiger partial charge in [-0.3, -0.25) is 19.4 Å². The highest BCUT2D eigenvalue weighted by Gasteiger charge is 2.52. The smallest absolute Gasteiger partial charge is 0.272 e. The second kappa shape index (κ2) is 12.2. The lowest BCUT2D eigenvalue weighted by Crippen LogP contribution is -2.54. The summed E-state index contributed by atoms with van der Waals surface area (Å²) in [6.07, 6.45) is 6.30. The van der Waals surface area contributed by atoms with E-state index in [1.165, 1.54) is 0 Å². The first kappa shape index (κ1) is 28.9. The molecule has 5 atom stereocenters. The summed E-state index contributed by atoms with van der Waals surface area (Å²) in [7, 11) is 0. The molecular weight excluding hydrogens is 587 g/mol. The van der Waals surface area contributed by atoms with Gasteiger partial charge in [-0.05, 0) is 73.1 Å². The number of carbonyl (C=O) groups is 3. The number of rotatable bonds is 9. The Hall–Kier alpha value is -4.21. The van der Waals surface area contributed by atoms with Gasteiger partial charge in [0.1, 0.15) is 6.04 Å². The van der Waals surface area contributed by atoms with Crippen LogP contribution in [0.2, 0.25) is 10.0 Å². The number of pyridine rings is 1. The molecule has 3 amide bonds. The van der Waals surface area contributed by atoms with Gasteiger partial charge in [0.25, 0.3) is 5.91 Å². The summed E-state index contributed by atoms with van der Waals surface area (Å²) in [5, 5.41) is 11.4. The molecule has 43 heavy (non-hydrogen) atoms. The van der Waals surface area contributed by atoms with Crippen LogP contribution in [0.3, 0.4) is 0 Å². The van der Waals surface area contributed by atoms with Gasteiger partial charge in [-0.2, -0.15) is 5.10 Å². The zero-order valence-electron chi connectivity index (χ0n) is 23.1. The predicted molar refractivity (Wildman–Crippen MR) is 164 cm³/mol. The summed E-state index contributed by atoms with van der Waals surface area (Å²) >= 11 is 12.4. The number of hydrogen-bond donors (Lipinski definition) is 3. The van der Waals surface area contributed by atoms with Crippen molar-refractivity contribution in [3.63, 3.8) is 0 Å². The molecule has 0 spiro atoms. The number of aromatic nitrogens is 3. The number of primary amides is 1. The fraction of sp³-hybridized carbons (Fsp3) is 0.281. The Kier molecular flexibility index (Phi) is 8.19. The van der Waals surface area contributed by atoms with Crippen molar-refractivity contribution >= 4 is 40.9 Å².